The van der Waals surface area contributed by atoms with Gasteiger partial charge in [-0.25, -0.2) is 0 Å². The van der Waals surface area contributed by atoms with Crippen molar-refractivity contribution in [1.82, 2.24) is 5.32 Å². The number of hydrogen-bond acceptors (Lipinski definition) is 3. The number of para-hydroxylation sites is 2. The van der Waals surface area contributed by atoms with Crippen LogP contribution in [0.3, 0.4) is 0 Å². The molecule has 0 unspecified atom stereocenters. The predicted octanol–water partition coefficient (Wildman–Crippen LogP) is 4.52. The van der Waals surface area contributed by atoms with Crippen molar-refractivity contribution in [2.75, 3.05) is 12.4 Å². The van der Waals surface area contributed by atoms with E-state index in [-0.39, 0.29) is 23.7 Å². The molecule has 5 nitrogen and oxygen atoms in total. The van der Waals surface area contributed by atoms with Gasteiger partial charge in [0.05, 0.1) is 12.7 Å². The van der Waals surface area contributed by atoms with E-state index in [1.54, 1.807) is 24.3 Å². The van der Waals surface area contributed by atoms with Gasteiger partial charge in [-0.1, -0.05) is 58.0 Å². The second-order valence-corrected chi connectivity index (χ2v) is 7.58. The maximum atomic E-state index is 13.0. The third-order valence-electron chi connectivity index (χ3n) is 4.76. The molecule has 0 aliphatic rings. The molecule has 5 heteroatoms. The molecule has 0 aliphatic carbocycles. The van der Waals surface area contributed by atoms with Crippen molar-refractivity contribution < 1.29 is 14.3 Å². The number of nitrogens with one attached hydrogen (secondary N) is 2. The highest BCUT2D eigenvalue weighted by atomic mass is 16.5. The van der Waals surface area contributed by atoms with Gasteiger partial charge in [-0.3, -0.25) is 9.59 Å². The molecular formula is C23H30N2O3. The lowest BCUT2D eigenvalue weighted by atomic mass is 9.97. The number of rotatable bonds is 7. The Balaban J connectivity index is 2.25. The zero-order valence-corrected chi connectivity index (χ0v) is 17.5. The molecule has 1 atom stereocenters. The fourth-order valence-corrected chi connectivity index (χ4v) is 3.13. The fraction of sp³-hybridized carbons (Fsp3) is 0.391. The van der Waals surface area contributed by atoms with Crippen LogP contribution in [0.5, 0.6) is 5.75 Å². The van der Waals surface area contributed by atoms with Crippen LogP contribution in [-0.2, 0) is 4.79 Å². The first-order valence-corrected chi connectivity index (χ1v) is 9.60. The van der Waals surface area contributed by atoms with Crippen molar-refractivity contribution in [1.29, 1.82) is 0 Å². The molecule has 0 aromatic heterocycles. The highest BCUT2D eigenvalue weighted by Crippen LogP contribution is 2.28. The average molecular weight is 383 g/mol. The Morgan fingerprint density at radius 1 is 0.964 bits per heavy atom. The van der Waals surface area contributed by atoms with Crippen LogP contribution in [0.1, 0.15) is 55.1 Å². The van der Waals surface area contributed by atoms with E-state index in [9.17, 15) is 9.59 Å². The molecule has 2 aromatic rings. The summed E-state index contributed by atoms with van der Waals surface area (Å²) < 4.78 is 5.26. The minimum atomic E-state index is -0.669. The molecule has 0 aliphatic heterocycles. The fourth-order valence-electron chi connectivity index (χ4n) is 3.13. The summed E-state index contributed by atoms with van der Waals surface area (Å²) in [6, 6.07) is 12.3. The number of ether oxygens (including phenoxy) is 1. The van der Waals surface area contributed by atoms with E-state index < -0.39 is 6.04 Å². The minimum absolute atomic E-state index is 0.0785. The maximum absolute atomic E-state index is 13.0. The number of methoxy groups -OCH3 is 1. The summed E-state index contributed by atoms with van der Waals surface area (Å²) in [5, 5.41) is 5.91. The first-order valence-electron chi connectivity index (χ1n) is 9.60. The highest BCUT2D eigenvalue weighted by molar-refractivity contribution is 6.03. The van der Waals surface area contributed by atoms with Gasteiger partial charge >= 0.3 is 0 Å². The highest BCUT2D eigenvalue weighted by Gasteiger charge is 2.27. The third kappa shape index (κ3) is 4.91. The van der Waals surface area contributed by atoms with Crippen molar-refractivity contribution in [3.8, 4) is 5.75 Å². The van der Waals surface area contributed by atoms with Crippen LogP contribution in [-0.4, -0.2) is 25.0 Å². The van der Waals surface area contributed by atoms with E-state index >= 15 is 0 Å². The molecular weight excluding hydrogens is 352 g/mol. The Kier molecular flexibility index (Phi) is 7.21. The predicted molar refractivity (Wildman–Crippen MR) is 113 cm³/mol. The number of carbonyl (C=O) groups is 2. The molecule has 2 amide bonds. The van der Waals surface area contributed by atoms with Crippen molar-refractivity contribution in [2.24, 2.45) is 5.92 Å². The van der Waals surface area contributed by atoms with Gasteiger partial charge in [0.15, 0.2) is 0 Å². The molecule has 0 heterocycles. The van der Waals surface area contributed by atoms with E-state index in [0.717, 1.165) is 16.8 Å². The molecule has 150 valence electrons. The Labute approximate surface area is 167 Å². The number of benzene rings is 2. The summed E-state index contributed by atoms with van der Waals surface area (Å²) in [7, 11) is 1.52. The van der Waals surface area contributed by atoms with Gasteiger partial charge in [0.1, 0.15) is 11.8 Å². The molecule has 0 spiro atoms. The van der Waals surface area contributed by atoms with E-state index in [1.807, 2.05) is 39.0 Å². The second-order valence-electron chi connectivity index (χ2n) is 7.58. The number of carbonyl (C=O) groups excluding carboxylic acids is 2. The lowest BCUT2D eigenvalue weighted by molar-refractivity contribution is -0.118. The molecule has 0 bridgehead atoms. The van der Waals surface area contributed by atoms with Gasteiger partial charge < -0.3 is 15.4 Å². The summed E-state index contributed by atoms with van der Waals surface area (Å²) in [5.41, 5.74) is 3.30. The number of amides is 2. The van der Waals surface area contributed by atoms with Gasteiger partial charge in [-0.15, -0.1) is 0 Å². The van der Waals surface area contributed by atoms with Crippen LogP contribution in [0, 0.1) is 12.8 Å². The van der Waals surface area contributed by atoms with E-state index in [2.05, 4.69) is 24.5 Å². The topological polar surface area (TPSA) is 67.4 Å². The van der Waals surface area contributed by atoms with E-state index in [4.69, 9.17) is 4.74 Å². The molecule has 28 heavy (non-hydrogen) atoms. The standard InChI is InChI=1S/C23H30N2O3/c1-14(2)17-12-9-10-16(5)21(17)25-23(27)20(15(3)4)24-22(26)18-11-7-8-13-19(18)28-6/h7-15,20H,1-6H3,(H,24,26)(H,25,27)/t20-/m1/s1. The number of hydrogen-bond donors (Lipinski definition) is 2. The summed E-state index contributed by atoms with van der Waals surface area (Å²) in [6.45, 7) is 9.98. The molecule has 0 fully saturated rings. The molecule has 0 saturated carbocycles. The van der Waals surface area contributed by atoms with Gasteiger partial charge in [-0.2, -0.15) is 0 Å². The molecule has 2 aromatic carbocycles. The maximum Gasteiger partial charge on any atom is 0.255 e. The van der Waals surface area contributed by atoms with Gasteiger partial charge in [0.25, 0.3) is 5.91 Å². The number of aryl methyl sites for hydroxylation is 1. The Morgan fingerprint density at radius 3 is 2.25 bits per heavy atom. The van der Waals surface area contributed by atoms with Crippen LogP contribution in [0.2, 0.25) is 0 Å². The summed E-state index contributed by atoms with van der Waals surface area (Å²) in [4.78, 5) is 25.8. The van der Waals surface area contributed by atoms with Crippen LogP contribution in [0.15, 0.2) is 42.5 Å². The lowest BCUT2D eigenvalue weighted by Gasteiger charge is -2.24. The summed E-state index contributed by atoms with van der Waals surface area (Å²) in [5.74, 6) is 0.111. The normalized spacial score (nSPS) is 12.0. The smallest absolute Gasteiger partial charge is 0.255 e. The van der Waals surface area contributed by atoms with Crippen LogP contribution in [0.4, 0.5) is 5.69 Å². The van der Waals surface area contributed by atoms with Gasteiger partial charge in [0, 0.05) is 5.69 Å². The van der Waals surface area contributed by atoms with E-state index in [1.165, 1.54) is 7.11 Å². The van der Waals surface area contributed by atoms with Crippen molar-refractivity contribution in [3.05, 3.63) is 59.2 Å². The van der Waals surface area contributed by atoms with Crippen LogP contribution >= 0.6 is 0 Å². The Hall–Kier alpha value is -2.82. The summed E-state index contributed by atoms with van der Waals surface area (Å²) >= 11 is 0. The monoisotopic (exact) mass is 382 g/mol. The molecule has 0 saturated heterocycles. The second kappa shape index (κ2) is 9.40. The first kappa shape index (κ1) is 21.5. The van der Waals surface area contributed by atoms with Crippen molar-refractivity contribution in [3.63, 3.8) is 0 Å². The van der Waals surface area contributed by atoms with Crippen LogP contribution in [0.25, 0.3) is 0 Å². The van der Waals surface area contributed by atoms with Crippen molar-refractivity contribution >= 4 is 17.5 Å². The molecule has 2 N–H and O–H groups in total. The van der Waals surface area contributed by atoms with E-state index in [0.29, 0.717) is 11.3 Å². The van der Waals surface area contributed by atoms with Gasteiger partial charge in [0.2, 0.25) is 5.91 Å². The zero-order valence-electron chi connectivity index (χ0n) is 17.5. The SMILES string of the molecule is COc1ccccc1C(=O)N[C@@H](C(=O)Nc1c(C)cccc1C(C)C)C(C)C. The molecule has 0 radical (unpaired) electrons. The zero-order chi connectivity index (χ0) is 20.8. The van der Waals surface area contributed by atoms with Crippen molar-refractivity contribution in [2.45, 2.75) is 46.6 Å². The summed E-state index contributed by atoms with van der Waals surface area (Å²) in [6.07, 6.45) is 0. The van der Waals surface area contributed by atoms with Gasteiger partial charge in [-0.05, 0) is 42.0 Å². The number of anilines is 1. The average Bonchev–Trinajstić information content (AvgIpc) is 2.66. The quantitative estimate of drug-likeness (QED) is 0.740. The molecule has 2 rings (SSSR count). The minimum Gasteiger partial charge on any atom is -0.496 e. The van der Waals surface area contributed by atoms with Crippen LogP contribution < -0.4 is 15.4 Å². The third-order valence-corrected chi connectivity index (χ3v) is 4.76. The lowest BCUT2D eigenvalue weighted by Crippen LogP contribution is -2.47. The Morgan fingerprint density at radius 2 is 1.64 bits per heavy atom. The Bertz CT molecular complexity index is 843. The first-order chi connectivity index (χ1) is 13.3. The largest absolute Gasteiger partial charge is 0.496 e.